The minimum atomic E-state index is -0.702. The van der Waals surface area contributed by atoms with E-state index in [1.807, 2.05) is 12.1 Å². The Labute approximate surface area is 199 Å². The van der Waals surface area contributed by atoms with Gasteiger partial charge < -0.3 is 10.7 Å². The van der Waals surface area contributed by atoms with Crippen molar-refractivity contribution in [3.8, 4) is 0 Å². The van der Waals surface area contributed by atoms with Crippen molar-refractivity contribution in [2.45, 2.75) is 37.1 Å². The van der Waals surface area contributed by atoms with Crippen LogP contribution in [0.3, 0.4) is 0 Å². The molecule has 9 heteroatoms. The van der Waals surface area contributed by atoms with Crippen molar-refractivity contribution in [3.05, 3.63) is 86.6 Å². The first kappa shape index (κ1) is 24.3. The summed E-state index contributed by atoms with van der Waals surface area (Å²) in [5, 5.41) is 12.2. The number of halogens is 4. The standard InChI is InChI=1S/C23H21Cl2F2N3OS/c24-17-6-4-16(21(25)8-17)13-29-23-14(2-1-3-15(23)12-28)5-7-22(31)30-32-20-10-18(26)9-19(27)11-20/h4-6,8-12,28-29H,1-3,7,13H2,(H,30,31)/b14-5+,28-12?. The topological polar surface area (TPSA) is 65.0 Å². The number of rotatable bonds is 8. The van der Waals surface area contributed by atoms with Crippen molar-refractivity contribution < 1.29 is 13.6 Å². The van der Waals surface area contributed by atoms with E-state index in [0.29, 0.717) is 16.6 Å². The zero-order chi connectivity index (χ0) is 23.1. The summed E-state index contributed by atoms with van der Waals surface area (Å²) in [5.74, 6) is -1.70. The van der Waals surface area contributed by atoms with Crippen LogP contribution in [0.25, 0.3) is 0 Å². The molecule has 1 aliphatic carbocycles. The lowest BCUT2D eigenvalue weighted by atomic mass is 9.91. The lowest BCUT2D eigenvalue weighted by molar-refractivity contribution is -0.118. The van der Waals surface area contributed by atoms with Gasteiger partial charge in [-0.25, -0.2) is 8.78 Å². The molecule has 0 heterocycles. The van der Waals surface area contributed by atoms with Gasteiger partial charge in [-0.1, -0.05) is 35.3 Å². The third kappa shape index (κ3) is 6.82. The molecule has 32 heavy (non-hydrogen) atoms. The second-order valence-corrected chi connectivity index (χ2v) is 8.88. The fourth-order valence-electron chi connectivity index (χ4n) is 3.31. The third-order valence-electron chi connectivity index (χ3n) is 4.83. The molecular formula is C23H21Cl2F2N3OS. The largest absolute Gasteiger partial charge is 0.380 e. The molecule has 3 rings (SSSR count). The molecular weight excluding hydrogens is 475 g/mol. The Morgan fingerprint density at radius 3 is 2.56 bits per heavy atom. The average Bonchev–Trinajstić information content (AvgIpc) is 2.75. The molecule has 0 aromatic heterocycles. The highest BCUT2D eigenvalue weighted by molar-refractivity contribution is 7.98. The highest BCUT2D eigenvalue weighted by Crippen LogP contribution is 2.29. The molecule has 0 saturated carbocycles. The van der Waals surface area contributed by atoms with E-state index in [2.05, 4.69) is 10.0 Å². The minimum absolute atomic E-state index is 0.0955. The first-order valence-electron chi connectivity index (χ1n) is 9.88. The molecule has 3 N–H and O–H groups in total. The fourth-order valence-corrected chi connectivity index (χ4v) is 4.44. The number of nitrogens with one attached hydrogen (secondary N) is 3. The Kier molecular flexibility index (Phi) is 8.73. The van der Waals surface area contributed by atoms with Crippen molar-refractivity contribution in [1.29, 1.82) is 5.41 Å². The highest BCUT2D eigenvalue weighted by atomic mass is 35.5. The molecule has 2 aromatic rings. The molecule has 0 aliphatic heterocycles. The van der Waals surface area contributed by atoms with Crippen molar-refractivity contribution in [3.63, 3.8) is 0 Å². The number of amides is 1. The average molecular weight is 496 g/mol. The van der Waals surface area contributed by atoms with Crippen LogP contribution in [-0.4, -0.2) is 12.1 Å². The van der Waals surface area contributed by atoms with E-state index >= 15 is 0 Å². The number of allylic oxidation sites excluding steroid dienone is 2. The summed E-state index contributed by atoms with van der Waals surface area (Å²) in [7, 11) is 0. The van der Waals surface area contributed by atoms with Crippen LogP contribution in [0, 0.1) is 17.0 Å². The second-order valence-electron chi connectivity index (χ2n) is 7.15. The summed E-state index contributed by atoms with van der Waals surface area (Å²) < 4.78 is 29.1. The van der Waals surface area contributed by atoms with Crippen molar-refractivity contribution in [2.24, 2.45) is 0 Å². The Hall–Kier alpha value is -2.35. The number of hydrogen-bond donors (Lipinski definition) is 3. The lowest BCUT2D eigenvalue weighted by Crippen LogP contribution is -2.21. The molecule has 0 atom stereocenters. The van der Waals surface area contributed by atoms with Crippen LogP contribution < -0.4 is 10.0 Å². The van der Waals surface area contributed by atoms with Gasteiger partial charge in [-0.05, 0) is 72.2 Å². The van der Waals surface area contributed by atoms with E-state index in [1.54, 1.807) is 12.1 Å². The maximum absolute atomic E-state index is 13.3. The maximum atomic E-state index is 13.3. The Morgan fingerprint density at radius 2 is 1.88 bits per heavy atom. The van der Waals surface area contributed by atoms with Crippen LogP contribution in [0.2, 0.25) is 10.0 Å². The predicted molar refractivity (Wildman–Crippen MR) is 126 cm³/mol. The van der Waals surface area contributed by atoms with Gasteiger partial charge in [0, 0.05) is 45.9 Å². The van der Waals surface area contributed by atoms with Gasteiger partial charge in [0.1, 0.15) is 11.6 Å². The summed E-state index contributed by atoms with van der Waals surface area (Å²) in [5.41, 5.74) is 3.49. The number of hydrogen-bond acceptors (Lipinski definition) is 4. The Balaban J connectivity index is 1.65. The number of carbonyl (C=O) groups excluding carboxylic acids is 1. The highest BCUT2D eigenvalue weighted by Gasteiger charge is 2.17. The van der Waals surface area contributed by atoms with Crippen LogP contribution in [0.15, 0.2) is 64.2 Å². The molecule has 168 valence electrons. The molecule has 0 fully saturated rings. The fraction of sp³-hybridized carbons (Fsp3) is 0.217. The van der Waals surface area contributed by atoms with Crippen LogP contribution in [0.4, 0.5) is 8.78 Å². The molecule has 0 radical (unpaired) electrons. The first-order chi connectivity index (χ1) is 15.4. The van der Waals surface area contributed by atoms with Gasteiger partial charge in [-0.3, -0.25) is 9.52 Å². The Bertz CT molecular complexity index is 1070. The van der Waals surface area contributed by atoms with Crippen LogP contribution in [0.1, 0.15) is 31.2 Å². The van der Waals surface area contributed by atoms with Crippen molar-refractivity contribution in [1.82, 2.24) is 10.0 Å². The lowest BCUT2D eigenvalue weighted by Gasteiger charge is -2.23. The van der Waals surface area contributed by atoms with Crippen molar-refractivity contribution in [2.75, 3.05) is 0 Å². The van der Waals surface area contributed by atoms with Crippen LogP contribution >= 0.6 is 35.1 Å². The van der Waals surface area contributed by atoms with Crippen LogP contribution in [0.5, 0.6) is 0 Å². The quantitative estimate of drug-likeness (QED) is 0.286. The Morgan fingerprint density at radius 1 is 1.12 bits per heavy atom. The van der Waals surface area contributed by atoms with E-state index in [-0.39, 0.29) is 17.2 Å². The smallest absolute Gasteiger partial charge is 0.233 e. The molecule has 0 saturated heterocycles. The number of benzene rings is 2. The van der Waals surface area contributed by atoms with Gasteiger partial charge in [0.05, 0.1) is 0 Å². The van der Waals surface area contributed by atoms with Crippen molar-refractivity contribution >= 4 is 47.3 Å². The van der Waals surface area contributed by atoms with Gasteiger partial charge in [0.25, 0.3) is 0 Å². The van der Waals surface area contributed by atoms with E-state index in [9.17, 15) is 13.6 Å². The van der Waals surface area contributed by atoms with Gasteiger partial charge in [0.2, 0.25) is 5.91 Å². The molecule has 4 nitrogen and oxygen atoms in total. The zero-order valence-electron chi connectivity index (χ0n) is 17.0. The maximum Gasteiger partial charge on any atom is 0.233 e. The summed E-state index contributed by atoms with van der Waals surface area (Å²) in [6, 6.07) is 8.36. The van der Waals surface area contributed by atoms with Gasteiger partial charge in [-0.15, -0.1) is 0 Å². The summed E-state index contributed by atoms with van der Waals surface area (Å²) in [6.07, 6.45) is 5.65. The third-order valence-corrected chi connectivity index (χ3v) is 6.22. The van der Waals surface area contributed by atoms with Crippen LogP contribution in [-0.2, 0) is 11.3 Å². The summed E-state index contributed by atoms with van der Waals surface area (Å²) in [4.78, 5) is 12.5. The van der Waals surface area contributed by atoms with Gasteiger partial charge >= 0.3 is 0 Å². The van der Waals surface area contributed by atoms with Gasteiger partial charge in [0.15, 0.2) is 0 Å². The zero-order valence-corrected chi connectivity index (χ0v) is 19.3. The number of carbonyl (C=O) groups is 1. The molecule has 2 aromatic carbocycles. The van der Waals surface area contributed by atoms with Gasteiger partial charge in [-0.2, -0.15) is 0 Å². The molecule has 0 spiro atoms. The predicted octanol–water partition coefficient (Wildman–Crippen LogP) is 6.59. The van der Waals surface area contributed by atoms with E-state index in [1.165, 1.54) is 6.21 Å². The monoisotopic (exact) mass is 495 g/mol. The molecule has 0 bridgehead atoms. The summed E-state index contributed by atoms with van der Waals surface area (Å²) in [6.45, 7) is 0.452. The molecule has 1 aliphatic rings. The summed E-state index contributed by atoms with van der Waals surface area (Å²) >= 11 is 13.1. The SMILES string of the molecule is N=CC1=C(NCc2ccc(Cl)cc2Cl)/C(=C/CC(=O)NSc2cc(F)cc(F)c2)CCC1. The first-order valence-corrected chi connectivity index (χ1v) is 11.5. The molecule has 1 amide bonds. The van der Waals surface area contributed by atoms with E-state index in [0.717, 1.165) is 71.8 Å². The second kappa shape index (κ2) is 11.5. The normalized spacial score (nSPS) is 15.1. The minimum Gasteiger partial charge on any atom is -0.380 e. The van der Waals surface area contributed by atoms with E-state index < -0.39 is 11.6 Å². The van der Waals surface area contributed by atoms with E-state index in [4.69, 9.17) is 28.6 Å². The molecule has 0 unspecified atom stereocenters.